The second-order valence-electron chi connectivity index (χ2n) is 6.28. The molecule has 2 N–H and O–H groups in total. The van der Waals surface area contributed by atoms with Crippen molar-refractivity contribution in [3.8, 4) is 0 Å². The van der Waals surface area contributed by atoms with Gasteiger partial charge in [-0.15, -0.1) is 12.4 Å². The lowest BCUT2D eigenvalue weighted by Gasteiger charge is -2.22. The van der Waals surface area contributed by atoms with Crippen LogP contribution < -0.4 is 5.73 Å². The van der Waals surface area contributed by atoms with E-state index in [1.807, 2.05) is 36.1 Å². The Morgan fingerprint density at radius 1 is 1.44 bits per heavy atom. The van der Waals surface area contributed by atoms with Crippen LogP contribution in [0.2, 0.25) is 0 Å². The molecule has 0 aliphatic carbocycles. The molecule has 0 saturated carbocycles. The van der Waals surface area contributed by atoms with Gasteiger partial charge >= 0.3 is 0 Å². The number of carbonyl (C=O) groups is 1. The zero-order chi connectivity index (χ0) is 17.1. The van der Waals surface area contributed by atoms with E-state index < -0.39 is 0 Å². The number of nitrogens with two attached hydrogens (primary N) is 1. The summed E-state index contributed by atoms with van der Waals surface area (Å²) in [7, 11) is 0. The quantitative estimate of drug-likeness (QED) is 0.788. The molecular weight excluding hydrogens is 408 g/mol. The van der Waals surface area contributed by atoms with Gasteiger partial charge in [0.25, 0.3) is 0 Å². The molecule has 2 aromatic rings. The molecule has 1 fully saturated rings. The molecule has 1 aliphatic rings. The van der Waals surface area contributed by atoms with E-state index in [2.05, 4.69) is 26.1 Å². The van der Waals surface area contributed by atoms with Crippen LogP contribution in [-0.4, -0.2) is 33.5 Å². The summed E-state index contributed by atoms with van der Waals surface area (Å²) in [5.74, 6) is 1.22. The number of aromatic nitrogens is 2. The van der Waals surface area contributed by atoms with Crippen molar-refractivity contribution in [2.24, 2.45) is 5.73 Å². The van der Waals surface area contributed by atoms with Crippen LogP contribution in [0.3, 0.4) is 0 Å². The molecular formula is C17H22BrClN4O2. The van der Waals surface area contributed by atoms with Gasteiger partial charge in [0.05, 0.1) is 0 Å². The minimum Gasteiger partial charge on any atom is -0.337 e. The van der Waals surface area contributed by atoms with E-state index in [9.17, 15) is 4.79 Å². The fraction of sp³-hybridized carbons (Fsp3) is 0.471. The van der Waals surface area contributed by atoms with Crippen LogP contribution in [0.5, 0.6) is 0 Å². The summed E-state index contributed by atoms with van der Waals surface area (Å²) in [4.78, 5) is 18.6. The lowest BCUT2D eigenvalue weighted by molar-refractivity contribution is -0.132. The Morgan fingerprint density at radius 3 is 2.84 bits per heavy atom. The fourth-order valence-electron chi connectivity index (χ4n) is 2.97. The average molecular weight is 430 g/mol. The summed E-state index contributed by atoms with van der Waals surface area (Å²) in [5.41, 5.74) is 6.86. The van der Waals surface area contributed by atoms with Crippen molar-refractivity contribution in [1.29, 1.82) is 0 Å². The third kappa shape index (κ3) is 5.03. The Bertz CT molecular complexity index is 705. The van der Waals surface area contributed by atoms with Crippen LogP contribution in [0, 0.1) is 0 Å². The van der Waals surface area contributed by atoms with Gasteiger partial charge in [0.15, 0.2) is 5.82 Å². The van der Waals surface area contributed by atoms with Crippen LogP contribution >= 0.6 is 28.3 Å². The zero-order valence-corrected chi connectivity index (χ0v) is 16.4. The topological polar surface area (TPSA) is 85.3 Å². The highest BCUT2D eigenvalue weighted by Gasteiger charge is 2.34. The maximum Gasteiger partial charge on any atom is 0.249 e. The van der Waals surface area contributed by atoms with Crippen molar-refractivity contribution in [2.45, 2.75) is 44.7 Å². The van der Waals surface area contributed by atoms with E-state index in [-0.39, 0.29) is 30.4 Å². The first-order chi connectivity index (χ1) is 11.5. The maximum absolute atomic E-state index is 12.3. The van der Waals surface area contributed by atoms with Crippen molar-refractivity contribution in [3.05, 3.63) is 46.0 Å². The van der Waals surface area contributed by atoms with Gasteiger partial charge in [-0.25, -0.2) is 0 Å². The number of likely N-dealkylation sites (tertiary alicyclic amines) is 1. The Labute approximate surface area is 161 Å². The summed E-state index contributed by atoms with van der Waals surface area (Å²) in [5, 5.41) is 4.07. The molecule has 8 heteroatoms. The summed E-state index contributed by atoms with van der Waals surface area (Å²) >= 11 is 3.42. The standard InChI is InChI=1S/C17H21BrN4O2.ClH/c1-11(19)9-16(23)22-8-2-3-14(22)17-20-15(21-24-17)10-12-4-6-13(18)7-5-12;/h4-7,11,14H,2-3,8-10,19H2,1H3;1H. The Balaban J connectivity index is 0.00000225. The lowest BCUT2D eigenvalue weighted by Crippen LogP contribution is -2.34. The van der Waals surface area contributed by atoms with Gasteiger partial charge in [-0.05, 0) is 37.5 Å². The van der Waals surface area contributed by atoms with E-state index in [1.165, 1.54) is 0 Å². The predicted octanol–water partition coefficient (Wildman–Crippen LogP) is 3.25. The molecule has 3 rings (SSSR count). The average Bonchev–Trinajstić information content (AvgIpc) is 3.17. The number of nitrogens with zero attached hydrogens (tertiary/aromatic N) is 3. The lowest BCUT2D eigenvalue weighted by atomic mass is 10.1. The van der Waals surface area contributed by atoms with E-state index >= 15 is 0 Å². The number of hydrogen-bond acceptors (Lipinski definition) is 5. The molecule has 25 heavy (non-hydrogen) atoms. The van der Waals surface area contributed by atoms with Gasteiger partial charge in [-0.2, -0.15) is 4.98 Å². The molecule has 6 nitrogen and oxygen atoms in total. The largest absolute Gasteiger partial charge is 0.337 e. The number of halogens is 2. The number of amides is 1. The minimum atomic E-state index is -0.144. The number of rotatable bonds is 5. The third-order valence-electron chi connectivity index (χ3n) is 4.11. The van der Waals surface area contributed by atoms with Gasteiger partial charge in [0, 0.05) is 29.9 Å². The third-order valence-corrected chi connectivity index (χ3v) is 4.64. The van der Waals surface area contributed by atoms with Crippen molar-refractivity contribution < 1.29 is 9.32 Å². The summed E-state index contributed by atoms with van der Waals surface area (Å²) in [6.07, 6.45) is 2.75. The number of carbonyl (C=O) groups excluding carboxylic acids is 1. The molecule has 2 heterocycles. The normalized spacial score (nSPS) is 18.0. The molecule has 0 spiro atoms. The Hall–Kier alpha value is -1.44. The van der Waals surface area contributed by atoms with Crippen LogP contribution in [-0.2, 0) is 11.2 Å². The molecule has 2 unspecified atom stereocenters. The fourth-order valence-corrected chi connectivity index (χ4v) is 3.24. The van der Waals surface area contributed by atoms with Crippen LogP contribution in [0.15, 0.2) is 33.3 Å². The van der Waals surface area contributed by atoms with Crippen LogP contribution in [0.4, 0.5) is 0 Å². The summed E-state index contributed by atoms with van der Waals surface area (Å²) in [6.45, 7) is 2.56. The molecule has 1 aromatic heterocycles. The van der Waals surface area contributed by atoms with Gasteiger partial charge in [0.2, 0.25) is 11.8 Å². The molecule has 0 radical (unpaired) electrons. The van der Waals surface area contributed by atoms with Crippen molar-refractivity contribution >= 4 is 34.2 Å². The zero-order valence-electron chi connectivity index (χ0n) is 14.0. The van der Waals surface area contributed by atoms with E-state index in [0.717, 1.165) is 29.4 Å². The van der Waals surface area contributed by atoms with Gasteiger partial charge in [-0.3, -0.25) is 4.79 Å². The minimum absolute atomic E-state index is 0. The molecule has 136 valence electrons. The maximum atomic E-state index is 12.3. The number of hydrogen-bond donors (Lipinski definition) is 1. The first-order valence-corrected chi connectivity index (χ1v) is 8.94. The van der Waals surface area contributed by atoms with Crippen molar-refractivity contribution in [2.75, 3.05) is 6.54 Å². The SMILES string of the molecule is CC(N)CC(=O)N1CCCC1c1nc(Cc2ccc(Br)cc2)no1.Cl. The van der Waals surface area contributed by atoms with E-state index in [0.29, 0.717) is 24.6 Å². The van der Waals surface area contributed by atoms with Gasteiger partial charge in [-0.1, -0.05) is 33.2 Å². The highest BCUT2D eigenvalue weighted by molar-refractivity contribution is 9.10. The van der Waals surface area contributed by atoms with Gasteiger partial charge < -0.3 is 15.2 Å². The second-order valence-corrected chi connectivity index (χ2v) is 7.19. The molecule has 2 atom stereocenters. The summed E-state index contributed by atoms with van der Waals surface area (Å²) < 4.78 is 6.47. The summed E-state index contributed by atoms with van der Waals surface area (Å²) in [6, 6.07) is 7.75. The molecule has 1 saturated heterocycles. The van der Waals surface area contributed by atoms with Crippen LogP contribution in [0.1, 0.15) is 49.5 Å². The smallest absolute Gasteiger partial charge is 0.249 e. The number of benzene rings is 1. The first-order valence-electron chi connectivity index (χ1n) is 8.15. The van der Waals surface area contributed by atoms with E-state index in [4.69, 9.17) is 10.3 Å². The van der Waals surface area contributed by atoms with Crippen molar-refractivity contribution in [1.82, 2.24) is 15.0 Å². The highest BCUT2D eigenvalue weighted by Crippen LogP contribution is 2.31. The second kappa shape index (κ2) is 8.78. The van der Waals surface area contributed by atoms with Crippen molar-refractivity contribution in [3.63, 3.8) is 0 Å². The molecule has 0 bridgehead atoms. The molecule has 1 aliphatic heterocycles. The Kier molecular flexibility index (Phi) is 6.98. The highest BCUT2D eigenvalue weighted by atomic mass is 79.9. The molecule has 1 aromatic carbocycles. The Morgan fingerprint density at radius 2 is 2.16 bits per heavy atom. The predicted molar refractivity (Wildman–Crippen MR) is 100 cm³/mol. The van der Waals surface area contributed by atoms with Crippen LogP contribution in [0.25, 0.3) is 0 Å². The van der Waals surface area contributed by atoms with Gasteiger partial charge in [0.1, 0.15) is 6.04 Å². The molecule has 1 amide bonds. The monoisotopic (exact) mass is 428 g/mol. The van der Waals surface area contributed by atoms with E-state index in [1.54, 1.807) is 0 Å². The first kappa shape index (κ1) is 19.9.